The van der Waals surface area contributed by atoms with E-state index < -0.39 is 114 Å². The van der Waals surface area contributed by atoms with Crippen LogP contribution in [0.4, 0.5) is 0 Å². The minimum Gasteiger partial charge on any atom is -0.480 e. The van der Waals surface area contributed by atoms with Crippen molar-refractivity contribution in [1.82, 2.24) is 57.1 Å². The van der Waals surface area contributed by atoms with Crippen LogP contribution in [-0.4, -0.2) is 165 Å². The summed E-state index contributed by atoms with van der Waals surface area (Å²) in [6.45, 7) is 5.08. The molecule has 1 aliphatic heterocycles. The number of nitrogens with one attached hydrogen (secondary N) is 9. The molecule has 8 amide bonds. The quantitative estimate of drug-likeness (QED) is 0.0266. The number of rotatable bonds is 40. The molecule has 1 saturated heterocycles. The van der Waals surface area contributed by atoms with Gasteiger partial charge in [0.05, 0.1) is 12.4 Å². The Hall–Kier alpha value is -7.78. The van der Waals surface area contributed by atoms with Gasteiger partial charge in [-0.05, 0) is 133 Å². The first-order valence-electron chi connectivity index (χ1n) is 30.7. The van der Waals surface area contributed by atoms with E-state index in [2.05, 4.69) is 52.2 Å². The predicted octanol–water partition coefficient (Wildman–Crippen LogP) is 0.277. The molecular formula is C61H94N16O10. The lowest BCUT2D eigenvalue weighted by Crippen LogP contribution is -2.61. The van der Waals surface area contributed by atoms with Crippen molar-refractivity contribution in [1.29, 1.82) is 0 Å². The van der Waals surface area contributed by atoms with Crippen LogP contribution in [0.15, 0.2) is 73.3 Å². The van der Waals surface area contributed by atoms with Gasteiger partial charge in [0, 0.05) is 54.8 Å². The maximum Gasteiger partial charge on any atom is 0.326 e. The number of benzene rings is 2. The summed E-state index contributed by atoms with van der Waals surface area (Å²) >= 11 is 0. The van der Waals surface area contributed by atoms with Crippen molar-refractivity contribution in [2.45, 2.75) is 184 Å². The number of aromatic amines is 2. The van der Waals surface area contributed by atoms with Crippen LogP contribution >= 0.6 is 0 Å². The molecule has 26 heteroatoms. The van der Waals surface area contributed by atoms with E-state index in [1.165, 1.54) is 17.4 Å². The third-order valence-electron chi connectivity index (χ3n) is 15.9. The second kappa shape index (κ2) is 37.0. The molecule has 5 rings (SSSR count). The average molecular weight is 1210 g/mol. The van der Waals surface area contributed by atoms with Crippen molar-refractivity contribution in [3.8, 4) is 0 Å². The van der Waals surface area contributed by atoms with Gasteiger partial charge in [-0.2, -0.15) is 0 Å². The van der Waals surface area contributed by atoms with Gasteiger partial charge in [0.15, 0.2) is 0 Å². The highest BCUT2D eigenvalue weighted by molar-refractivity contribution is 5.98. The molecule has 26 nitrogen and oxygen atoms in total. The third kappa shape index (κ3) is 22.2. The number of amides is 8. The number of carbonyl (C=O) groups is 9. The highest BCUT2D eigenvalue weighted by atomic mass is 16.4. The summed E-state index contributed by atoms with van der Waals surface area (Å²) in [5.41, 5.74) is 32.3. The van der Waals surface area contributed by atoms with Crippen molar-refractivity contribution in [3.63, 3.8) is 0 Å². The van der Waals surface area contributed by atoms with Crippen LogP contribution in [0.3, 0.4) is 0 Å². The van der Waals surface area contributed by atoms with Crippen LogP contribution in [0.5, 0.6) is 0 Å². The lowest BCUT2D eigenvalue weighted by molar-refractivity contribution is -0.145. The molecule has 10 atom stereocenters. The van der Waals surface area contributed by atoms with Gasteiger partial charge in [-0.25, -0.2) is 9.78 Å². The van der Waals surface area contributed by atoms with Crippen molar-refractivity contribution >= 4 is 64.1 Å². The van der Waals surface area contributed by atoms with Gasteiger partial charge < -0.3 is 85.9 Å². The summed E-state index contributed by atoms with van der Waals surface area (Å²) in [7, 11) is 0. The fourth-order valence-corrected chi connectivity index (χ4v) is 10.6. The number of aromatic nitrogens is 3. The van der Waals surface area contributed by atoms with Crippen LogP contribution in [0, 0.1) is 5.92 Å². The Balaban J connectivity index is 1.38. The molecule has 20 N–H and O–H groups in total. The fourth-order valence-electron chi connectivity index (χ4n) is 10.6. The van der Waals surface area contributed by atoms with Crippen LogP contribution in [0.25, 0.3) is 10.9 Å². The topological polar surface area (TPSA) is 436 Å². The first-order chi connectivity index (χ1) is 41.9. The zero-order valence-electron chi connectivity index (χ0n) is 50.4. The van der Waals surface area contributed by atoms with Gasteiger partial charge in [-0.3, -0.25) is 38.4 Å². The summed E-state index contributed by atoms with van der Waals surface area (Å²) in [5.74, 6) is -7.03. The van der Waals surface area contributed by atoms with E-state index in [0.29, 0.717) is 95.0 Å². The number of carboxylic acids is 1. The van der Waals surface area contributed by atoms with Crippen molar-refractivity contribution < 1.29 is 48.3 Å². The molecule has 2 aromatic heterocycles. The molecule has 3 heterocycles. The molecule has 4 aromatic rings. The van der Waals surface area contributed by atoms with E-state index in [4.69, 9.17) is 28.7 Å². The fraction of sp³-hybridized carbons (Fsp3) is 0.574. The highest BCUT2D eigenvalue weighted by Crippen LogP contribution is 2.23. The van der Waals surface area contributed by atoms with E-state index in [1.807, 2.05) is 31.2 Å². The number of hydrogen-bond acceptors (Lipinski definition) is 15. The van der Waals surface area contributed by atoms with Crippen molar-refractivity contribution in [2.75, 3.05) is 32.7 Å². The Bertz CT molecular complexity index is 2820. The lowest BCUT2D eigenvalue weighted by atomic mass is 9.96. The molecule has 0 saturated carbocycles. The zero-order chi connectivity index (χ0) is 63.3. The Morgan fingerprint density at radius 2 is 1.10 bits per heavy atom. The minimum atomic E-state index is -1.32. The number of nitrogens with two attached hydrogens (primary N) is 5. The first-order valence-corrected chi connectivity index (χ1v) is 30.7. The SMILES string of the molecule is CC[C@H](C)[C@H](NC(=O)[C@H](CCCCN)NC(=O)[C@H](CCCCN)NC(=O)[C@H](Cc1ccccc1)NC(=O)[C@H](CCCCN)NC(=O)[C@H](Cc1c[nH]c2ccccc12)NC(=O)[C@@H](N)CCCCN)C(=O)N1CCC[C@H]1C(=O)N[C@@H](Cc1cnc[nH]1)C(=O)O. The lowest BCUT2D eigenvalue weighted by Gasteiger charge is -2.33. The van der Waals surface area contributed by atoms with Crippen molar-refractivity contribution in [3.05, 3.63) is 90.1 Å². The molecule has 0 aliphatic carbocycles. The van der Waals surface area contributed by atoms with Gasteiger partial charge >= 0.3 is 5.97 Å². The number of carboxylic acid groups (broad SMARTS) is 1. The second-order valence-electron chi connectivity index (χ2n) is 22.5. The number of unbranched alkanes of at least 4 members (excludes halogenated alkanes) is 4. The molecule has 0 radical (unpaired) electrons. The summed E-state index contributed by atoms with van der Waals surface area (Å²) in [4.78, 5) is 139. The Morgan fingerprint density at radius 1 is 0.598 bits per heavy atom. The summed E-state index contributed by atoms with van der Waals surface area (Å²) < 4.78 is 0. The molecule has 0 spiro atoms. The normalized spacial score (nSPS) is 16.2. The van der Waals surface area contributed by atoms with Gasteiger partial charge in [-0.1, -0.05) is 75.2 Å². The van der Waals surface area contributed by atoms with Crippen LogP contribution in [0.1, 0.15) is 127 Å². The van der Waals surface area contributed by atoms with Gasteiger partial charge in [0.2, 0.25) is 47.3 Å². The molecule has 0 bridgehead atoms. The number of hydrogen-bond donors (Lipinski definition) is 15. The van der Waals surface area contributed by atoms with E-state index >= 15 is 0 Å². The summed E-state index contributed by atoms with van der Waals surface area (Å²) in [6, 6.07) is 5.73. The average Bonchev–Trinajstić information content (AvgIpc) is 4.22. The van der Waals surface area contributed by atoms with E-state index in [0.717, 1.165) is 16.5 Å². The molecule has 1 fully saturated rings. The third-order valence-corrected chi connectivity index (χ3v) is 15.9. The largest absolute Gasteiger partial charge is 0.480 e. The van der Waals surface area contributed by atoms with Crippen molar-refractivity contribution in [2.24, 2.45) is 34.6 Å². The van der Waals surface area contributed by atoms with Crippen LogP contribution in [0.2, 0.25) is 0 Å². The Morgan fingerprint density at radius 3 is 1.64 bits per heavy atom. The molecule has 2 aromatic carbocycles. The Labute approximate surface area is 508 Å². The molecule has 478 valence electrons. The summed E-state index contributed by atoms with van der Waals surface area (Å²) in [6.07, 6.45) is 10.2. The predicted molar refractivity (Wildman–Crippen MR) is 329 cm³/mol. The maximum atomic E-state index is 14.8. The molecule has 87 heavy (non-hydrogen) atoms. The smallest absolute Gasteiger partial charge is 0.326 e. The standard InChI is InChI=1S/C61H94N16O10/c1-3-38(2)52(60(85)77-31-17-26-51(77)59(84)75-50(61(86)87)34-41-36-67-37-69-41)76-56(81)47(25-12-16-30-65)70-54(79)45(23-10-14-28-63)71-57(82)48(32-39-18-5-4-6-19-39)74-55(80)46(24-11-15-29-64)72-58(83)49(73-53(78)43(66)21-9-13-27-62)33-40-35-68-44-22-8-7-20-42(40)44/h4-8,18-20,22,35-38,43,45-52,68H,3,9-17,21,23-34,62-66H2,1-2H3,(H,67,69)(H,70,79)(H,71,82)(H,72,83)(H,73,78)(H,74,80)(H,75,84)(H,76,81)(H,86,87)/t38-,43-,45-,46-,47-,48-,49-,50-,51-,52-/m0/s1. The van der Waals surface area contributed by atoms with Gasteiger partial charge in [0.1, 0.15) is 48.3 Å². The van der Waals surface area contributed by atoms with Gasteiger partial charge in [-0.15, -0.1) is 0 Å². The first kappa shape index (κ1) is 70.0. The number of nitrogens with zero attached hydrogens (tertiary/aromatic N) is 2. The van der Waals surface area contributed by atoms with E-state index in [9.17, 15) is 48.3 Å². The molecular weight excluding hydrogens is 1120 g/mol. The number of para-hydroxylation sites is 1. The van der Waals surface area contributed by atoms with Gasteiger partial charge in [0.25, 0.3) is 0 Å². The number of aliphatic carboxylic acids is 1. The Kier molecular flexibility index (Phi) is 29.8. The maximum absolute atomic E-state index is 14.8. The highest BCUT2D eigenvalue weighted by Gasteiger charge is 2.41. The second-order valence-corrected chi connectivity index (χ2v) is 22.5. The number of imidazole rings is 1. The monoisotopic (exact) mass is 1210 g/mol. The summed E-state index contributed by atoms with van der Waals surface area (Å²) in [5, 5.41) is 30.5. The number of likely N-dealkylation sites (tertiary alicyclic amines) is 1. The zero-order valence-corrected chi connectivity index (χ0v) is 50.4. The minimum absolute atomic E-state index is 0.0404. The van der Waals surface area contributed by atoms with Crippen LogP contribution in [-0.2, 0) is 62.4 Å². The number of H-pyrrole nitrogens is 2. The molecule has 1 aliphatic rings. The van der Waals surface area contributed by atoms with Crippen LogP contribution < -0.4 is 65.9 Å². The van der Waals surface area contributed by atoms with E-state index in [1.54, 1.807) is 43.5 Å². The number of fused-ring (bicyclic) bond motifs is 1. The molecule has 0 unspecified atom stereocenters. The number of carbonyl (C=O) groups excluding carboxylic acids is 8. The van der Waals surface area contributed by atoms with E-state index in [-0.39, 0.29) is 64.6 Å².